The first-order valence-corrected chi connectivity index (χ1v) is 9.08. The molecule has 0 atom stereocenters. The Morgan fingerprint density at radius 1 is 1.19 bits per heavy atom. The average molecular weight is 471 g/mol. The lowest BCUT2D eigenvalue weighted by Crippen LogP contribution is -2.32. The maximum absolute atomic E-state index is 11.9. The van der Waals surface area contributed by atoms with E-state index in [0.717, 1.165) is 4.47 Å². The van der Waals surface area contributed by atoms with Crippen LogP contribution >= 0.6 is 39.1 Å². The fourth-order valence-electron chi connectivity index (χ4n) is 1.88. The minimum Gasteiger partial charge on any atom is -0.489 e. The summed E-state index contributed by atoms with van der Waals surface area (Å²) in [6.07, 6.45) is 2.97. The van der Waals surface area contributed by atoms with Crippen LogP contribution < -0.4 is 15.5 Å². The molecule has 2 amide bonds. The molecule has 27 heavy (non-hydrogen) atoms. The molecule has 0 heterocycles. The SMILES string of the molecule is C=CCOc1ccc(Br)cc1/C=N\NC(=O)C(=O)Nc1cc(Cl)ccc1Cl. The predicted molar refractivity (Wildman–Crippen MR) is 111 cm³/mol. The molecule has 0 aliphatic heterocycles. The van der Waals surface area contributed by atoms with Gasteiger partial charge in [-0.05, 0) is 36.4 Å². The van der Waals surface area contributed by atoms with Gasteiger partial charge in [-0.15, -0.1) is 0 Å². The Bertz CT molecular complexity index is 903. The summed E-state index contributed by atoms with van der Waals surface area (Å²) in [7, 11) is 0. The Labute approximate surface area is 174 Å². The van der Waals surface area contributed by atoms with Crippen LogP contribution in [0.3, 0.4) is 0 Å². The molecule has 140 valence electrons. The number of carbonyl (C=O) groups is 2. The number of nitrogens with one attached hydrogen (secondary N) is 2. The minimum absolute atomic E-state index is 0.223. The third kappa shape index (κ3) is 6.39. The van der Waals surface area contributed by atoms with E-state index in [1.807, 2.05) is 0 Å². The molecule has 6 nitrogen and oxygen atoms in total. The summed E-state index contributed by atoms with van der Waals surface area (Å²) in [6, 6.07) is 9.80. The van der Waals surface area contributed by atoms with Crippen molar-refractivity contribution in [3.05, 3.63) is 69.1 Å². The van der Waals surface area contributed by atoms with Crippen LogP contribution in [0.2, 0.25) is 10.0 Å². The van der Waals surface area contributed by atoms with Gasteiger partial charge in [-0.3, -0.25) is 9.59 Å². The molecule has 0 bridgehead atoms. The molecule has 9 heteroatoms. The van der Waals surface area contributed by atoms with Crippen LogP contribution in [0.15, 0.2) is 58.6 Å². The summed E-state index contributed by atoms with van der Waals surface area (Å²) in [6.45, 7) is 3.90. The summed E-state index contributed by atoms with van der Waals surface area (Å²) in [5, 5.41) is 6.77. The largest absolute Gasteiger partial charge is 0.489 e. The molecule has 0 spiro atoms. The van der Waals surface area contributed by atoms with E-state index in [2.05, 4.69) is 38.4 Å². The first-order valence-electron chi connectivity index (χ1n) is 7.53. The molecule has 0 radical (unpaired) electrons. The highest BCUT2D eigenvalue weighted by Crippen LogP contribution is 2.25. The zero-order valence-corrected chi connectivity index (χ0v) is 16.9. The highest BCUT2D eigenvalue weighted by Gasteiger charge is 2.15. The quantitative estimate of drug-likeness (QED) is 0.284. The van der Waals surface area contributed by atoms with E-state index in [0.29, 0.717) is 22.9 Å². The van der Waals surface area contributed by atoms with Gasteiger partial charge in [0.05, 0.1) is 16.9 Å². The summed E-state index contributed by atoms with van der Waals surface area (Å²) in [4.78, 5) is 23.8. The molecule has 0 aromatic heterocycles. The van der Waals surface area contributed by atoms with E-state index >= 15 is 0 Å². The van der Waals surface area contributed by atoms with Crippen molar-refractivity contribution in [2.75, 3.05) is 11.9 Å². The molecule has 0 aliphatic rings. The fraction of sp³-hybridized carbons (Fsp3) is 0.0556. The maximum atomic E-state index is 11.9. The van der Waals surface area contributed by atoms with Crippen LogP contribution in [-0.4, -0.2) is 24.6 Å². The molecular weight excluding hydrogens is 457 g/mol. The number of halogens is 3. The molecule has 2 aromatic rings. The number of benzene rings is 2. The Hall–Kier alpha value is -2.35. The molecule has 2 rings (SSSR count). The molecule has 0 fully saturated rings. The molecule has 2 N–H and O–H groups in total. The first-order chi connectivity index (χ1) is 12.9. The van der Waals surface area contributed by atoms with Crippen molar-refractivity contribution in [2.24, 2.45) is 5.10 Å². The Balaban J connectivity index is 2.02. The molecule has 2 aromatic carbocycles. The van der Waals surface area contributed by atoms with Crippen molar-refractivity contribution in [2.45, 2.75) is 0 Å². The van der Waals surface area contributed by atoms with Crippen molar-refractivity contribution in [3.63, 3.8) is 0 Å². The number of hydrazone groups is 1. The van der Waals surface area contributed by atoms with Gasteiger partial charge in [0, 0.05) is 15.1 Å². The van der Waals surface area contributed by atoms with E-state index in [1.54, 1.807) is 30.3 Å². The van der Waals surface area contributed by atoms with Gasteiger partial charge >= 0.3 is 11.8 Å². The van der Waals surface area contributed by atoms with Crippen LogP contribution in [0.4, 0.5) is 5.69 Å². The van der Waals surface area contributed by atoms with Gasteiger partial charge in [-0.2, -0.15) is 5.10 Å². The molecule has 0 aliphatic carbocycles. The van der Waals surface area contributed by atoms with Gasteiger partial charge in [-0.25, -0.2) is 5.43 Å². The number of nitrogens with zero attached hydrogens (tertiary/aromatic N) is 1. The van der Waals surface area contributed by atoms with Crippen molar-refractivity contribution in [1.82, 2.24) is 5.43 Å². The average Bonchev–Trinajstić information content (AvgIpc) is 2.64. The topological polar surface area (TPSA) is 79.8 Å². The lowest BCUT2D eigenvalue weighted by Gasteiger charge is -2.08. The second kappa shape index (κ2) is 10.1. The molecule has 0 unspecified atom stereocenters. The second-order valence-corrected chi connectivity index (χ2v) is 6.82. The van der Waals surface area contributed by atoms with Gasteiger partial charge in [-0.1, -0.05) is 51.8 Å². The van der Waals surface area contributed by atoms with Gasteiger partial charge in [0.1, 0.15) is 12.4 Å². The zero-order valence-electron chi connectivity index (χ0n) is 13.8. The van der Waals surface area contributed by atoms with Crippen LogP contribution in [0, 0.1) is 0 Å². The van der Waals surface area contributed by atoms with E-state index < -0.39 is 11.8 Å². The van der Waals surface area contributed by atoms with Crippen LogP contribution in [0.5, 0.6) is 5.75 Å². The summed E-state index contributed by atoms with van der Waals surface area (Å²) < 4.78 is 6.30. The van der Waals surface area contributed by atoms with Gasteiger partial charge in [0.2, 0.25) is 0 Å². The number of anilines is 1. The van der Waals surface area contributed by atoms with E-state index in [1.165, 1.54) is 18.3 Å². The fourth-order valence-corrected chi connectivity index (χ4v) is 2.60. The Kier molecular flexibility index (Phi) is 7.84. The van der Waals surface area contributed by atoms with E-state index in [4.69, 9.17) is 27.9 Å². The smallest absolute Gasteiger partial charge is 0.329 e. The summed E-state index contributed by atoms with van der Waals surface area (Å²) in [5.74, 6) is -1.36. The highest BCUT2D eigenvalue weighted by atomic mass is 79.9. The zero-order chi connectivity index (χ0) is 19.8. The number of ether oxygens (including phenoxy) is 1. The second-order valence-electron chi connectivity index (χ2n) is 5.06. The predicted octanol–water partition coefficient (Wildman–Crippen LogP) is 4.41. The van der Waals surface area contributed by atoms with Gasteiger partial charge in [0.15, 0.2) is 0 Å². The Morgan fingerprint density at radius 2 is 1.96 bits per heavy atom. The monoisotopic (exact) mass is 469 g/mol. The number of rotatable bonds is 6. The number of amides is 2. The highest BCUT2D eigenvalue weighted by molar-refractivity contribution is 9.10. The molecule has 0 saturated carbocycles. The lowest BCUT2D eigenvalue weighted by molar-refractivity contribution is -0.136. The Morgan fingerprint density at radius 3 is 2.70 bits per heavy atom. The summed E-state index contributed by atoms with van der Waals surface area (Å²) >= 11 is 15.1. The normalized spacial score (nSPS) is 10.5. The van der Waals surface area contributed by atoms with Crippen molar-refractivity contribution >= 4 is 62.8 Å². The molecular formula is C18H14BrCl2N3O3. The first kappa shape index (κ1) is 21.0. The van der Waals surface area contributed by atoms with Crippen LogP contribution in [0.1, 0.15) is 5.56 Å². The summed E-state index contributed by atoms with van der Waals surface area (Å²) in [5.41, 5.74) is 2.96. The van der Waals surface area contributed by atoms with Gasteiger partial charge in [0.25, 0.3) is 0 Å². The lowest BCUT2D eigenvalue weighted by atomic mass is 10.2. The van der Waals surface area contributed by atoms with E-state index in [9.17, 15) is 9.59 Å². The van der Waals surface area contributed by atoms with Crippen molar-refractivity contribution in [3.8, 4) is 5.75 Å². The number of hydrogen-bond acceptors (Lipinski definition) is 4. The maximum Gasteiger partial charge on any atom is 0.329 e. The third-order valence-corrected chi connectivity index (χ3v) is 4.14. The standard InChI is InChI=1S/C18H14BrCl2N3O3/c1-2-7-27-16-6-3-12(19)8-11(16)10-22-24-18(26)17(25)23-15-9-13(20)4-5-14(15)21/h2-6,8-10H,1,7H2,(H,23,25)(H,24,26)/b22-10-. The number of hydrogen-bond donors (Lipinski definition) is 2. The molecule has 0 saturated heterocycles. The van der Waals surface area contributed by atoms with Gasteiger partial charge < -0.3 is 10.1 Å². The van der Waals surface area contributed by atoms with Crippen molar-refractivity contribution in [1.29, 1.82) is 0 Å². The van der Waals surface area contributed by atoms with Crippen LogP contribution in [0.25, 0.3) is 0 Å². The minimum atomic E-state index is -0.967. The van der Waals surface area contributed by atoms with Crippen LogP contribution in [-0.2, 0) is 9.59 Å². The van der Waals surface area contributed by atoms with E-state index in [-0.39, 0.29) is 10.7 Å². The van der Waals surface area contributed by atoms with Crippen molar-refractivity contribution < 1.29 is 14.3 Å². The third-order valence-electron chi connectivity index (χ3n) is 3.08. The number of carbonyl (C=O) groups excluding carboxylic acids is 2.